The van der Waals surface area contributed by atoms with Crippen LogP contribution in [0, 0.1) is 0 Å². The van der Waals surface area contributed by atoms with Crippen molar-refractivity contribution in [3.8, 4) is 0 Å². The average Bonchev–Trinajstić information content (AvgIpc) is 2.63. The normalized spacial score (nSPS) is 24.4. The van der Waals surface area contributed by atoms with Gasteiger partial charge in [0.05, 0.1) is 0 Å². The molecule has 2 heterocycles. The number of hydrogen-bond acceptors (Lipinski definition) is 2. The van der Waals surface area contributed by atoms with E-state index in [2.05, 4.69) is 34.5 Å². The van der Waals surface area contributed by atoms with Gasteiger partial charge >= 0.3 is 0 Å². The molecule has 0 spiro atoms. The van der Waals surface area contributed by atoms with E-state index in [9.17, 15) is 0 Å². The van der Waals surface area contributed by atoms with Crippen LogP contribution in [0.2, 0.25) is 0 Å². The first kappa shape index (κ1) is 12.0. The summed E-state index contributed by atoms with van der Waals surface area (Å²) in [5.74, 6) is 0. The number of piperidine rings is 1. The van der Waals surface area contributed by atoms with Crippen LogP contribution in [0.3, 0.4) is 0 Å². The summed E-state index contributed by atoms with van der Waals surface area (Å²) in [4.78, 5) is 2.62. The molecule has 1 fully saturated rings. The van der Waals surface area contributed by atoms with Crippen LogP contribution in [-0.2, 0) is 6.42 Å². The minimum Gasteiger partial charge on any atom is -0.370 e. The van der Waals surface area contributed by atoms with E-state index in [0.717, 1.165) is 0 Å². The molecule has 0 radical (unpaired) electrons. The molecule has 0 aliphatic carbocycles. The van der Waals surface area contributed by atoms with E-state index in [0.29, 0.717) is 6.04 Å². The summed E-state index contributed by atoms with van der Waals surface area (Å²) in [6, 6.07) is 9.68. The number of nitrogens with zero attached hydrogens (tertiary/aromatic N) is 1. The molecule has 0 saturated carbocycles. The van der Waals surface area contributed by atoms with Crippen LogP contribution in [0.4, 0.5) is 5.69 Å². The summed E-state index contributed by atoms with van der Waals surface area (Å²) in [5.41, 5.74) is 3.04. The molecule has 1 unspecified atom stereocenters. The van der Waals surface area contributed by atoms with E-state index in [1.165, 1.54) is 63.8 Å². The Labute approximate surface area is 110 Å². The maximum absolute atomic E-state index is 3.68. The minimum absolute atomic E-state index is 0.699. The smallest absolute Gasteiger partial charge is 0.0399 e. The molecule has 2 heteroatoms. The maximum atomic E-state index is 3.68. The molecule has 98 valence electrons. The number of anilines is 1. The van der Waals surface area contributed by atoms with Crippen molar-refractivity contribution < 1.29 is 0 Å². The SMILES string of the molecule is c1ccc2c(c1)CCCCN2CC1CCCCN1. The van der Waals surface area contributed by atoms with Crippen molar-refractivity contribution in [2.45, 2.75) is 44.6 Å². The van der Waals surface area contributed by atoms with Gasteiger partial charge in [0.25, 0.3) is 0 Å². The number of aryl methyl sites for hydroxylation is 1. The van der Waals surface area contributed by atoms with E-state index in [1.807, 2.05) is 0 Å². The minimum atomic E-state index is 0.699. The van der Waals surface area contributed by atoms with Gasteiger partial charge in [-0.25, -0.2) is 0 Å². The molecule has 3 rings (SSSR count). The summed E-state index contributed by atoms with van der Waals surface area (Å²) in [6.45, 7) is 3.63. The monoisotopic (exact) mass is 244 g/mol. The predicted molar refractivity (Wildman–Crippen MR) is 77.2 cm³/mol. The van der Waals surface area contributed by atoms with Crippen LogP contribution in [0.1, 0.15) is 37.7 Å². The van der Waals surface area contributed by atoms with E-state index < -0.39 is 0 Å². The highest BCUT2D eigenvalue weighted by Crippen LogP contribution is 2.26. The third-order valence-electron chi connectivity index (χ3n) is 4.31. The van der Waals surface area contributed by atoms with Crippen LogP contribution in [0.5, 0.6) is 0 Å². The van der Waals surface area contributed by atoms with Gasteiger partial charge in [-0.1, -0.05) is 24.6 Å². The highest BCUT2D eigenvalue weighted by atomic mass is 15.2. The van der Waals surface area contributed by atoms with Gasteiger partial charge in [-0.3, -0.25) is 0 Å². The summed E-state index contributed by atoms with van der Waals surface area (Å²) in [5, 5.41) is 3.68. The van der Waals surface area contributed by atoms with Gasteiger partial charge < -0.3 is 10.2 Å². The topological polar surface area (TPSA) is 15.3 Å². The Morgan fingerprint density at radius 1 is 1.11 bits per heavy atom. The van der Waals surface area contributed by atoms with E-state index in [-0.39, 0.29) is 0 Å². The van der Waals surface area contributed by atoms with Crippen molar-refractivity contribution in [2.24, 2.45) is 0 Å². The van der Waals surface area contributed by atoms with Gasteiger partial charge in [-0.2, -0.15) is 0 Å². The Morgan fingerprint density at radius 2 is 2.06 bits per heavy atom. The van der Waals surface area contributed by atoms with Crippen molar-refractivity contribution in [1.29, 1.82) is 0 Å². The molecule has 1 aromatic rings. The van der Waals surface area contributed by atoms with Crippen LogP contribution in [-0.4, -0.2) is 25.7 Å². The second-order valence-electron chi connectivity index (χ2n) is 5.68. The Hall–Kier alpha value is -1.02. The summed E-state index contributed by atoms with van der Waals surface area (Å²) in [7, 11) is 0. The first-order valence-corrected chi connectivity index (χ1v) is 7.50. The molecule has 1 atom stereocenters. The third-order valence-corrected chi connectivity index (χ3v) is 4.31. The Morgan fingerprint density at radius 3 is 2.94 bits per heavy atom. The molecule has 2 aliphatic heterocycles. The number of para-hydroxylation sites is 1. The second-order valence-corrected chi connectivity index (χ2v) is 5.68. The fraction of sp³-hybridized carbons (Fsp3) is 0.625. The molecule has 0 aromatic heterocycles. The molecule has 0 amide bonds. The lowest BCUT2D eigenvalue weighted by Gasteiger charge is -2.32. The standard InChI is InChI=1S/C16H24N2/c1-2-10-16-14(7-1)8-4-6-12-18(16)13-15-9-3-5-11-17-15/h1-2,7,10,15,17H,3-6,8-9,11-13H2. The van der Waals surface area contributed by atoms with E-state index in [4.69, 9.17) is 0 Å². The lowest BCUT2D eigenvalue weighted by atomic mass is 10.0. The van der Waals surface area contributed by atoms with Crippen molar-refractivity contribution in [3.05, 3.63) is 29.8 Å². The number of benzene rings is 1. The number of rotatable bonds is 2. The van der Waals surface area contributed by atoms with Crippen LogP contribution in [0.25, 0.3) is 0 Å². The Balaban J connectivity index is 1.74. The largest absolute Gasteiger partial charge is 0.370 e. The van der Waals surface area contributed by atoms with Crippen molar-refractivity contribution >= 4 is 5.69 Å². The molecule has 1 N–H and O–H groups in total. The molecule has 1 aromatic carbocycles. The summed E-state index contributed by atoms with van der Waals surface area (Å²) < 4.78 is 0. The van der Waals surface area contributed by atoms with Gasteiger partial charge in [0.15, 0.2) is 0 Å². The quantitative estimate of drug-likeness (QED) is 0.860. The average molecular weight is 244 g/mol. The van der Waals surface area contributed by atoms with Crippen molar-refractivity contribution in [3.63, 3.8) is 0 Å². The fourth-order valence-corrected chi connectivity index (χ4v) is 3.30. The highest BCUT2D eigenvalue weighted by molar-refractivity contribution is 5.54. The number of nitrogens with one attached hydrogen (secondary N) is 1. The second kappa shape index (κ2) is 5.75. The molecule has 18 heavy (non-hydrogen) atoms. The third kappa shape index (κ3) is 2.69. The first-order valence-electron chi connectivity index (χ1n) is 7.50. The number of hydrogen-bond donors (Lipinski definition) is 1. The zero-order valence-corrected chi connectivity index (χ0v) is 11.2. The van der Waals surface area contributed by atoms with Gasteiger partial charge in [-0.05, 0) is 50.3 Å². The van der Waals surface area contributed by atoms with Gasteiger partial charge in [0, 0.05) is 24.8 Å². The van der Waals surface area contributed by atoms with E-state index >= 15 is 0 Å². The molecular weight excluding hydrogens is 220 g/mol. The zero-order chi connectivity index (χ0) is 12.2. The van der Waals surface area contributed by atoms with Crippen LogP contribution >= 0.6 is 0 Å². The highest BCUT2D eigenvalue weighted by Gasteiger charge is 2.20. The Kier molecular flexibility index (Phi) is 3.84. The first-order chi connectivity index (χ1) is 8.93. The van der Waals surface area contributed by atoms with Gasteiger partial charge in [-0.15, -0.1) is 0 Å². The van der Waals surface area contributed by atoms with Crippen molar-refractivity contribution in [2.75, 3.05) is 24.5 Å². The summed E-state index contributed by atoms with van der Waals surface area (Å²) in [6.07, 6.45) is 8.02. The lowest BCUT2D eigenvalue weighted by Crippen LogP contribution is -2.44. The molecule has 1 saturated heterocycles. The molecule has 2 nitrogen and oxygen atoms in total. The molecule has 0 bridgehead atoms. The van der Waals surface area contributed by atoms with Gasteiger partial charge in [0.1, 0.15) is 0 Å². The fourth-order valence-electron chi connectivity index (χ4n) is 3.30. The number of fused-ring (bicyclic) bond motifs is 1. The Bertz CT molecular complexity index is 382. The molecule has 2 aliphatic rings. The maximum Gasteiger partial charge on any atom is 0.0399 e. The lowest BCUT2D eigenvalue weighted by molar-refractivity contribution is 0.399. The van der Waals surface area contributed by atoms with Gasteiger partial charge in [0.2, 0.25) is 0 Å². The molecular formula is C16H24N2. The zero-order valence-electron chi connectivity index (χ0n) is 11.2. The predicted octanol–water partition coefficient (Wildman–Crippen LogP) is 2.97. The van der Waals surface area contributed by atoms with Crippen molar-refractivity contribution in [1.82, 2.24) is 5.32 Å². The van der Waals surface area contributed by atoms with Crippen LogP contribution < -0.4 is 10.2 Å². The summed E-state index contributed by atoms with van der Waals surface area (Å²) >= 11 is 0. The van der Waals surface area contributed by atoms with Crippen LogP contribution in [0.15, 0.2) is 24.3 Å². The van der Waals surface area contributed by atoms with E-state index in [1.54, 1.807) is 5.56 Å².